The van der Waals surface area contributed by atoms with Crippen molar-refractivity contribution >= 4 is 23.3 Å². The number of fused-ring (bicyclic) bond motifs is 2. The van der Waals surface area contributed by atoms with E-state index < -0.39 is 6.04 Å². The molecule has 0 spiro atoms. The molecule has 2 N–H and O–H groups in total. The Kier molecular flexibility index (Phi) is 5.24. The summed E-state index contributed by atoms with van der Waals surface area (Å²) in [6, 6.07) is 14.1. The molecular formula is C23H22N4O5. The SMILES string of the molecule is COCc1nn2c(c1-c1ccccc1)NC(=O)C2CC(=O)Nc1ccc2c(c1)OCCO2. The highest BCUT2D eigenvalue weighted by Crippen LogP contribution is 2.39. The third-order valence-corrected chi connectivity index (χ3v) is 5.37. The van der Waals surface area contributed by atoms with Crippen molar-refractivity contribution in [2.75, 3.05) is 31.0 Å². The molecule has 1 atom stereocenters. The molecule has 1 aromatic heterocycles. The summed E-state index contributed by atoms with van der Waals surface area (Å²) in [4.78, 5) is 25.5. The van der Waals surface area contributed by atoms with Gasteiger partial charge in [0.05, 0.1) is 18.7 Å². The number of nitrogens with zero attached hydrogens (tertiary/aromatic N) is 2. The summed E-state index contributed by atoms with van der Waals surface area (Å²) in [5.74, 6) is 1.22. The summed E-state index contributed by atoms with van der Waals surface area (Å²) < 4.78 is 17.9. The summed E-state index contributed by atoms with van der Waals surface area (Å²) in [6.07, 6.45) is -0.0599. The quantitative estimate of drug-likeness (QED) is 0.618. The second kappa shape index (κ2) is 8.35. The van der Waals surface area contributed by atoms with E-state index in [-0.39, 0.29) is 24.8 Å². The van der Waals surface area contributed by atoms with E-state index in [1.54, 1.807) is 30.0 Å². The number of carbonyl (C=O) groups excluding carboxylic acids is 2. The molecule has 164 valence electrons. The fraction of sp³-hybridized carbons (Fsp3) is 0.261. The van der Waals surface area contributed by atoms with Crippen LogP contribution < -0.4 is 20.1 Å². The molecule has 0 radical (unpaired) electrons. The van der Waals surface area contributed by atoms with Crippen LogP contribution in [-0.2, 0) is 20.9 Å². The number of carbonyl (C=O) groups is 2. The largest absolute Gasteiger partial charge is 0.486 e. The lowest BCUT2D eigenvalue weighted by Crippen LogP contribution is -2.24. The van der Waals surface area contributed by atoms with Crippen LogP contribution in [0.4, 0.5) is 11.5 Å². The van der Waals surface area contributed by atoms with E-state index in [0.29, 0.717) is 41.9 Å². The highest BCUT2D eigenvalue weighted by Gasteiger charge is 2.37. The average Bonchev–Trinajstić information content (AvgIpc) is 3.29. The molecule has 0 saturated heterocycles. The van der Waals surface area contributed by atoms with Crippen molar-refractivity contribution < 1.29 is 23.8 Å². The first-order valence-electron chi connectivity index (χ1n) is 10.3. The third-order valence-electron chi connectivity index (χ3n) is 5.37. The number of benzene rings is 2. The van der Waals surface area contributed by atoms with Gasteiger partial charge in [-0.3, -0.25) is 9.59 Å². The zero-order chi connectivity index (χ0) is 22.1. The number of methoxy groups -OCH3 is 1. The van der Waals surface area contributed by atoms with E-state index >= 15 is 0 Å². The molecular weight excluding hydrogens is 412 g/mol. The van der Waals surface area contributed by atoms with Crippen LogP contribution in [0.2, 0.25) is 0 Å². The van der Waals surface area contributed by atoms with Gasteiger partial charge >= 0.3 is 0 Å². The maximum atomic E-state index is 12.8. The second-order valence-corrected chi connectivity index (χ2v) is 7.53. The predicted molar refractivity (Wildman–Crippen MR) is 117 cm³/mol. The summed E-state index contributed by atoms with van der Waals surface area (Å²) in [6.45, 7) is 1.25. The van der Waals surface area contributed by atoms with Crippen molar-refractivity contribution in [3.63, 3.8) is 0 Å². The Hall–Kier alpha value is -3.85. The van der Waals surface area contributed by atoms with Gasteiger partial charge in [-0.05, 0) is 17.7 Å². The monoisotopic (exact) mass is 434 g/mol. The highest BCUT2D eigenvalue weighted by molar-refractivity contribution is 6.04. The average molecular weight is 434 g/mol. The van der Waals surface area contributed by atoms with E-state index in [9.17, 15) is 9.59 Å². The maximum absolute atomic E-state index is 12.8. The van der Waals surface area contributed by atoms with Gasteiger partial charge in [-0.2, -0.15) is 5.10 Å². The molecule has 2 aliphatic rings. The summed E-state index contributed by atoms with van der Waals surface area (Å²) in [5.41, 5.74) is 2.99. The number of hydrogen-bond donors (Lipinski definition) is 2. The number of nitrogens with one attached hydrogen (secondary N) is 2. The van der Waals surface area contributed by atoms with Gasteiger partial charge < -0.3 is 24.8 Å². The summed E-state index contributed by atoms with van der Waals surface area (Å²) in [5, 5.41) is 10.3. The number of amides is 2. The Morgan fingerprint density at radius 2 is 1.97 bits per heavy atom. The van der Waals surface area contributed by atoms with Gasteiger partial charge in [0.25, 0.3) is 5.91 Å². The van der Waals surface area contributed by atoms with Gasteiger partial charge in [-0.1, -0.05) is 30.3 Å². The van der Waals surface area contributed by atoms with Crippen molar-refractivity contribution in [3.8, 4) is 22.6 Å². The summed E-state index contributed by atoms with van der Waals surface area (Å²) in [7, 11) is 1.59. The van der Waals surface area contributed by atoms with E-state index in [0.717, 1.165) is 11.1 Å². The number of hydrogen-bond acceptors (Lipinski definition) is 6. The highest BCUT2D eigenvalue weighted by atomic mass is 16.6. The van der Waals surface area contributed by atoms with Crippen LogP contribution in [0, 0.1) is 0 Å². The minimum absolute atomic E-state index is 0.0599. The molecule has 2 aliphatic heterocycles. The third kappa shape index (κ3) is 3.67. The Morgan fingerprint density at radius 3 is 2.75 bits per heavy atom. The number of aromatic nitrogens is 2. The molecule has 0 fully saturated rings. The van der Waals surface area contributed by atoms with Gasteiger partial charge in [0.2, 0.25) is 5.91 Å². The molecule has 2 amide bonds. The van der Waals surface area contributed by atoms with E-state index in [1.807, 2.05) is 30.3 Å². The lowest BCUT2D eigenvalue weighted by molar-refractivity contribution is -0.123. The first-order valence-corrected chi connectivity index (χ1v) is 10.3. The van der Waals surface area contributed by atoms with Crippen LogP contribution in [0.3, 0.4) is 0 Å². The minimum atomic E-state index is -0.754. The minimum Gasteiger partial charge on any atom is -0.486 e. The lowest BCUT2D eigenvalue weighted by atomic mass is 10.1. The standard InChI is InChI=1S/C23H22N4O5/c1-30-13-16-21(14-5-3-2-4-6-14)22-25-23(29)17(27(22)26-16)12-20(28)24-15-7-8-18-19(11-15)32-10-9-31-18/h2-8,11,17H,9-10,12-13H2,1H3,(H,24,28)(H,25,29). The fourth-order valence-corrected chi connectivity index (χ4v) is 3.97. The molecule has 1 unspecified atom stereocenters. The molecule has 0 aliphatic carbocycles. The van der Waals surface area contributed by atoms with Gasteiger partial charge in [0.15, 0.2) is 11.5 Å². The predicted octanol–water partition coefficient (Wildman–Crippen LogP) is 2.99. The van der Waals surface area contributed by atoms with E-state index in [4.69, 9.17) is 14.2 Å². The van der Waals surface area contributed by atoms with Crippen LogP contribution in [0.25, 0.3) is 11.1 Å². The van der Waals surface area contributed by atoms with Gasteiger partial charge in [0.1, 0.15) is 25.1 Å². The van der Waals surface area contributed by atoms with Crippen molar-refractivity contribution in [1.82, 2.24) is 9.78 Å². The number of anilines is 2. The maximum Gasteiger partial charge on any atom is 0.251 e. The zero-order valence-electron chi connectivity index (χ0n) is 17.5. The number of rotatable bonds is 6. The molecule has 2 aromatic carbocycles. The molecule has 32 heavy (non-hydrogen) atoms. The van der Waals surface area contributed by atoms with Crippen molar-refractivity contribution in [2.24, 2.45) is 0 Å². The smallest absolute Gasteiger partial charge is 0.251 e. The second-order valence-electron chi connectivity index (χ2n) is 7.53. The molecule has 5 rings (SSSR count). The van der Waals surface area contributed by atoms with E-state index in [1.165, 1.54) is 0 Å². The van der Waals surface area contributed by atoms with Crippen molar-refractivity contribution in [3.05, 3.63) is 54.2 Å². The van der Waals surface area contributed by atoms with Crippen LogP contribution in [0.15, 0.2) is 48.5 Å². The van der Waals surface area contributed by atoms with Crippen LogP contribution in [0.5, 0.6) is 11.5 Å². The van der Waals surface area contributed by atoms with Gasteiger partial charge in [0, 0.05) is 24.4 Å². The first-order chi connectivity index (χ1) is 15.6. The Morgan fingerprint density at radius 1 is 1.19 bits per heavy atom. The Balaban J connectivity index is 1.38. The molecule has 9 heteroatoms. The lowest BCUT2D eigenvalue weighted by Gasteiger charge is -2.19. The molecule has 3 aromatic rings. The molecule has 0 bridgehead atoms. The topological polar surface area (TPSA) is 104 Å². The van der Waals surface area contributed by atoms with Gasteiger partial charge in [-0.25, -0.2) is 4.68 Å². The number of ether oxygens (including phenoxy) is 3. The van der Waals surface area contributed by atoms with E-state index in [2.05, 4.69) is 15.7 Å². The van der Waals surface area contributed by atoms with Crippen LogP contribution in [-0.4, -0.2) is 41.9 Å². The molecule has 3 heterocycles. The zero-order valence-corrected chi connectivity index (χ0v) is 17.5. The van der Waals surface area contributed by atoms with Crippen LogP contribution in [0.1, 0.15) is 18.2 Å². The van der Waals surface area contributed by atoms with Crippen molar-refractivity contribution in [2.45, 2.75) is 19.1 Å². The van der Waals surface area contributed by atoms with Crippen LogP contribution >= 0.6 is 0 Å². The Bertz CT molecular complexity index is 1170. The fourth-order valence-electron chi connectivity index (χ4n) is 3.97. The summed E-state index contributed by atoms with van der Waals surface area (Å²) >= 11 is 0. The Labute approximate surface area is 184 Å². The van der Waals surface area contributed by atoms with Crippen molar-refractivity contribution in [1.29, 1.82) is 0 Å². The normalized spacial score (nSPS) is 16.4. The first kappa shape index (κ1) is 20.1. The molecule has 9 nitrogen and oxygen atoms in total. The van der Waals surface area contributed by atoms with Gasteiger partial charge in [-0.15, -0.1) is 0 Å². The molecule has 0 saturated carbocycles.